The molecule has 0 saturated carbocycles. The van der Waals surface area contributed by atoms with E-state index in [1.54, 1.807) is 31.2 Å². The van der Waals surface area contributed by atoms with Gasteiger partial charge in [0.2, 0.25) is 0 Å². The van der Waals surface area contributed by atoms with Crippen LogP contribution in [-0.2, 0) is 22.6 Å². The summed E-state index contributed by atoms with van der Waals surface area (Å²) < 4.78 is 11.1. The largest absolute Gasteiger partial charge is 0.503 e. The number of Topliss-reactive ketones (excluding diaryl/α,β-unsaturated/α-hetero) is 1. The maximum Gasteiger partial charge on any atom is 0.290 e. The van der Waals surface area contributed by atoms with E-state index in [0.717, 1.165) is 5.56 Å². The lowest BCUT2D eigenvalue weighted by atomic mass is 9.96. The fraction of sp³-hybridized carbons (Fsp3) is 0.217. The van der Waals surface area contributed by atoms with Gasteiger partial charge in [-0.15, -0.1) is 0 Å². The van der Waals surface area contributed by atoms with Gasteiger partial charge < -0.3 is 18.8 Å². The molecule has 1 aromatic carbocycles. The third-order valence-electron chi connectivity index (χ3n) is 5.02. The minimum atomic E-state index is -0.787. The molecule has 1 aliphatic heterocycles. The lowest BCUT2D eigenvalue weighted by molar-refractivity contribution is -0.130. The number of benzene rings is 1. The lowest BCUT2D eigenvalue weighted by Gasteiger charge is -2.24. The molecule has 0 bridgehead atoms. The van der Waals surface area contributed by atoms with Crippen LogP contribution in [0.15, 0.2) is 81.0 Å². The van der Waals surface area contributed by atoms with Crippen molar-refractivity contribution in [1.29, 1.82) is 0 Å². The SMILES string of the molecule is Cc1ccc(C2C(C(=O)CCc3ccccc3)=C(O)C(=O)N2Cc2ccco2)o1. The highest BCUT2D eigenvalue weighted by molar-refractivity contribution is 6.08. The van der Waals surface area contributed by atoms with Gasteiger partial charge in [-0.3, -0.25) is 9.59 Å². The van der Waals surface area contributed by atoms with Crippen molar-refractivity contribution in [3.8, 4) is 0 Å². The Hall–Kier alpha value is -3.54. The Morgan fingerprint density at radius 1 is 1.10 bits per heavy atom. The van der Waals surface area contributed by atoms with Crippen molar-refractivity contribution in [3.63, 3.8) is 0 Å². The van der Waals surface area contributed by atoms with E-state index < -0.39 is 17.7 Å². The molecule has 0 fully saturated rings. The highest BCUT2D eigenvalue weighted by Crippen LogP contribution is 2.40. The quantitative estimate of drug-likeness (QED) is 0.650. The Kier molecular flexibility index (Phi) is 5.08. The van der Waals surface area contributed by atoms with Crippen molar-refractivity contribution in [2.24, 2.45) is 0 Å². The highest BCUT2D eigenvalue weighted by atomic mass is 16.3. The topological polar surface area (TPSA) is 83.9 Å². The Labute approximate surface area is 168 Å². The number of hydrogen-bond donors (Lipinski definition) is 1. The smallest absolute Gasteiger partial charge is 0.290 e. The molecule has 6 nitrogen and oxygen atoms in total. The monoisotopic (exact) mass is 391 g/mol. The summed E-state index contributed by atoms with van der Waals surface area (Å²) in [6.07, 6.45) is 2.22. The van der Waals surface area contributed by atoms with Crippen molar-refractivity contribution in [2.75, 3.05) is 0 Å². The van der Waals surface area contributed by atoms with Crippen LogP contribution in [0.1, 0.15) is 35.3 Å². The number of aliphatic hydroxyl groups excluding tert-OH is 1. The normalized spacial score (nSPS) is 16.7. The van der Waals surface area contributed by atoms with E-state index in [1.807, 2.05) is 30.3 Å². The van der Waals surface area contributed by atoms with Gasteiger partial charge in [0.15, 0.2) is 11.5 Å². The number of nitrogens with zero attached hydrogens (tertiary/aromatic N) is 1. The predicted molar refractivity (Wildman–Crippen MR) is 105 cm³/mol. The molecule has 1 aliphatic rings. The van der Waals surface area contributed by atoms with E-state index in [1.165, 1.54) is 11.2 Å². The first-order chi connectivity index (χ1) is 14.0. The third kappa shape index (κ3) is 3.74. The average molecular weight is 391 g/mol. The van der Waals surface area contributed by atoms with E-state index in [4.69, 9.17) is 8.83 Å². The van der Waals surface area contributed by atoms with Crippen molar-refractivity contribution in [2.45, 2.75) is 32.4 Å². The molecule has 3 aromatic rings. The molecule has 0 aliphatic carbocycles. The molecule has 0 saturated heterocycles. The molecule has 3 heterocycles. The molecule has 0 spiro atoms. The molecule has 148 valence electrons. The highest BCUT2D eigenvalue weighted by Gasteiger charge is 2.45. The van der Waals surface area contributed by atoms with Crippen molar-refractivity contribution < 1.29 is 23.5 Å². The summed E-state index contributed by atoms with van der Waals surface area (Å²) >= 11 is 0. The molecule has 1 amide bonds. The number of rotatable bonds is 7. The van der Waals surface area contributed by atoms with Gasteiger partial charge >= 0.3 is 0 Å². The second-order valence-corrected chi connectivity index (χ2v) is 7.03. The number of carbonyl (C=O) groups excluding carboxylic acids is 2. The zero-order valence-corrected chi connectivity index (χ0v) is 16.0. The Balaban J connectivity index is 1.64. The molecule has 2 aromatic heterocycles. The zero-order chi connectivity index (χ0) is 20.4. The number of hydrogen-bond acceptors (Lipinski definition) is 5. The molecular formula is C23H21NO5. The number of aryl methyl sites for hydroxylation is 2. The first kappa shape index (κ1) is 18.8. The number of carbonyl (C=O) groups is 2. The van der Waals surface area contributed by atoms with Gasteiger partial charge in [-0.1, -0.05) is 30.3 Å². The van der Waals surface area contributed by atoms with E-state index in [-0.39, 0.29) is 24.3 Å². The summed E-state index contributed by atoms with van der Waals surface area (Å²) in [6, 6.07) is 15.8. The van der Waals surface area contributed by atoms with E-state index in [0.29, 0.717) is 23.7 Å². The molecule has 1 N–H and O–H groups in total. The van der Waals surface area contributed by atoms with Crippen LogP contribution in [-0.4, -0.2) is 21.7 Å². The van der Waals surface area contributed by atoms with Crippen LogP contribution < -0.4 is 0 Å². The fourth-order valence-electron chi connectivity index (χ4n) is 3.61. The van der Waals surface area contributed by atoms with Gasteiger partial charge in [0.25, 0.3) is 5.91 Å². The maximum atomic E-state index is 13.1. The molecule has 29 heavy (non-hydrogen) atoms. The standard InChI is InChI=1S/C23H21NO5/c1-15-9-12-19(29-15)21-20(18(25)11-10-16-6-3-2-4-7-16)22(26)23(27)24(21)14-17-8-5-13-28-17/h2-9,12-13,21,26H,10-11,14H2,1H3. The second kappa shape index (κ2) is 7.83. The van der Waals surface area contributed by atoms with Gasteiger partial charge in [0.05, 0.1) is 18.4 Å². The second-order valence-electron chi connectivity index (χ2n) is 7.03. The molecule has 1 atom stereocenters. The van der Waals surface area contributed by atoms with Crippen molar-refractivity contribution >= 4 is 11.7 Å². The van der Waals surface area contributed by atoms with Crippen molar-refractivity contribution in [3.05, 3.63) is 95.0 Å². The summed E-state index contributed by atoms with van der Waals surface area (Å²) in [5.74, 6) is 0.248. The first-order valence-electron chi connectivity index (χ1n) is 9.44. The van der Waals surface area contributed by atoms with E-state index in [2.05, 4.69) is 0 Å². The summed E-state index contributed by atoms with van der Waals surface area (Å²) in [5, 5.41) is 10.6. The minimum absolute atomic E-state index is 0.0758. The predicted octanol–water partition coefficient (Wildman–Crippen LogP) is 4.28. The summed E-state index contributed by atoms with van der Waals surface area (Å²) in [5.41, 5.74) is 1.09. The molecule has 0 radical (unpaired) electrons. The maximum absolute atomic E-state index is 13.1. The van der Waals surface area contributed by atoms with Gasteiger partial charge in [-0.05, 0) is 43.2 Å². The first-order valence-corrected chi connectivity index (χ1v) is 9.44. The fourth-order valence-corrected chi connectivity index (χ4v) is 3.61. The molecular weight excluding hydrogens is 370 g/mol. The van der Waals surface area contributed by atoms with Crippen LogP contribution in [0.3, 0.4) is 0 Å². The van der Waals surface area contributed by atoms with Crippen molar-refractivity contribution in [1.82, 2.24) is 4.90 Å². The molecule has 6 heteroatoms. The van der Waals surface area contributed by atoms with Gasteiger partial charge in [-0.2, -0.15) is 0 Å². The number of aliphatic hydroxyl groups is 1. The van der Waals surface area contributed by atoms with Gasteiger partial charge in [0, 0.05) is 6.42 Å². The molecule has 4 rings (SSSR count). The van der Waals surface area contributed by atoms with Crippen LogP contribution in [0.5, 0.6) is 0 Å². The van der Waals surface area contributed by atoms with Gasteiger partial charge in [-0.25, -0.2) is 0 Å². The molecule has 1 unspecified atom stereocenters. The third-order valence-corrected chi connectivity index (χ3v) is 5.02. The lowest BCUT2D eigenvalue weighted by Crippen LogP contribution is -2.30. The van der Waals surface area contributed by atoms with Crippen LogP contribution in [0.4, 0.5) is 0 Å². The zero-order valence-electron chi connectivity index (χ0n) is 16.0. The summed E-state index contributed by atoms with van der Waals surface area (Å²) in [4.78, 5) is 27.2. The number of ketones is 1. The van der Waals surface area contributed by atoms with Gasteiger partial charge in [0.1, 0.15) is 23.3 Å². The Morgan fingerprint density at radius 2 is 1.90 bits per heavy atom. The summed E-state index contributed by atoms with van der Waals surface area (Å²) in [6.45, 7) is 1.91. The van der Waals surface area contributed by atoms with E-state index in [9.17, 15) is 14.7 Å². The minimum Gasteiger partial charge on any atom is -0.503 e. The van der Waals surface area contributed by atoms with Crippen LogP contribution in [0.2, 0.25) is 0 Å². The average Bonchev–Trinajstić information content (AvgIpc) is 3.44. The van der Waals surface area contributed by atoms with E-state index >= 15 is 0 Å². The van der Waals surface area contributed by atoms with Crippen LogP contribution in [0, 0.1) is 6.92 Å². The number of furan rings is 2. The Morgan fingerprint density at radius 3 is 2.55 bits per heavy atom. The summed E-state index contributed by atoms with van der Waals surface area (Å²) in [7, 11) is 0. The Bertz CT molecular complexity index is 1050. The number of amides is 1. The van der Waals surface area contributed by atoms with Crippen LogP contribution >= 0.6 is 0 Å². The van der Waals surface area contributed by atoms with Crippen LogP contribution in [0.25, 0.3) is 0 Å².